The van der Waals surface area contributed by atoms with Gasteiger partial charge in [0.15, 0.2) is 5.71 Å². The van der Waals surface area contributed by atoms with E-state index in [0.717, 1.165) is 36.4 Å². The van der Waals surface area contributed by atoms with Gasteiger partial charge in [-0.05, 0) is 102 Å². The van der Waals surface area contributed by atoms with Gasteiger partial charge in [0, 0.05) is 52.0 Å². The molecular weight excluding hydrogens is 1140 g/mol. The average molecular weight is 1200 g/mol. The number of hydrogen-bond acceptors (Lipinski definition) is 15. The number of carbonyl (C=O) groups excluding carboxylic acids is 2. The van der Waals surface area contributed by atoms with Crippen LogP contribution in [0, 0.1) is 35.8 Å². The second-order valence-corrected chi connectivity index (χ2v) is 23.5. The third kappa shape index (κ3) is 13.4. The van der Waals surface area contributed by atoms with Gasteiger partial charge in [-0.2, -0.15) is 4.58 Å². The minimum Gasteiger partial charge on any atom is -0.744 e. The highest BCUT2D eigenvalue weighted by molar-refractivity contribution is 7.86. The number of rotatable bonds is 15. The van der Waals surface area contributed by atoms with Crippen LogP contribution in [0.5, 0.6) is 11.5 Å². The van der Waals surface area contributed by atoms with Crippen LogP contribution in [0.25, 0.3) is 42.6 Å². The lowest BCUT2D eigenvalue weighted by Gasteiger charge is -2.24. The van der Waals surface area contributed by atoms with Crippen molar-refractivity contribution in [1.82, 2.24) is 0 Å². The number of nitrogens with zero attached hydrogens (tertiary/aromatic N) is 6. The summed E-state index contributed by atoms with van der Waals surface area (Å²) in [5.41, 5.74) is 7.11. The number of likely N-dealkylation sites (N-methyl/N-ethyl adjacent to an activating group) is 1. The molecule has 0 aromatic heterocycles. The number of nitriles is 2. The zero-order valence-electron chi connectivity index (χ0n) is 47.7. The fourth-order valence-corrected chi connectivity index (χ4v) is 12.1. The molecule has 87 heavy (non-hydrogen) atoms. The third-order valence-electron chi connectivity index (χ3n) is 14.7. The van der Waals surface area contributed by atoms with E-state index in [0.29, 0.717) is 0 Å². The number of fused-ring (bicyclic) bond motifs is 6. The van der Waals surface area contributed by atoms with Crippen molar-refractivity contribution in [3.63, 3.8) is 0 Å². The van der Waals surface area contributed by atoms with Gasteiger partial charge in [0.25, 0.3) is 11.4 Å². The van der Waals surface area contributed by atoms with Crippen molar-refractivity contribution >= 4 is 82.2 Å². The first-order valence-corrected chi connectivity index (χ1v) is 29.3. The van der Waals surface area contributed by atoms with Crippen LogP contribution < -0.4 is 24.8 Å². The summed E-state index contributed by atoms with van der Waals surface area (Å²) < 4.78 is 92.3. The Morgan fingerprint density at radius 1 is 0.655 bits per heavy atom. The molecule has 0 saturated heterocycles. The van der Waals surface area contributed by atoms with Crippen molar-refractivity contribution in [2.24, 2.45) is 0 Å². The van der Waals surface area contributed by atoms with Crippen molar-refractivity contribution in [2.45, 2.75) is 62.7 Å². The summed E-state index contributed by atoms with van der Waals surface area (Å²) in [5, 5.41) is 24.0. The topological polar surface area (TPSA) is 248 Å². The van der Waals surface area contributed by atoms with Crippen molar-refractivity contribution in [2.75, 3.05) is 45.4 Å². The maximum absolute atomic E-state index is 12.4. The molecule has 0 atom stereocenters. The quantitative estimate of drug-likeness (QED) is 0.0231. The monoisotopic (exact) mass is 1200 g/mol. The van der Waals surface area contributed by atoms with Gasteiger partial charge in [-0.3, -0.25) is 0 Å². The van der Waals surface area contributed by atoms with Crippen LogP contribution in [0.3, 0.4) is 0 Å². The zero-order valence-corrected chi connectivity index (χ0v) is 49.4. The maximum Gasteiger partial charge on any atom is 0.339 e. The van der Waals surface area contributed by atoms with Gasteiger partial charge in [0.05, 0.1) is 51.6 Å². The van der Waals surface area contributed by atoms with Gasteiger partial charge in [-0.15, -0.1) is 0 Å². The summed E-state index contributed by atoms with van der Waals surface area (Å²) >= 11 is 0. The Bertz CT molecular complexity index is 4440. The first kappa shape index (κ1) is 64.4. The molecule has 2 aliphatic rings. The summed E-state index contributed by atoms with van der Waals surface area (Å²) in [6, 6.07) is 41.1. The number of anilines is 1. The van der Waals surface area contributed by atoms with Crippen LogP contribution in [-0.4, -0.2) is 88.7 Å². The molecule has 0 fully saturated rings. The normalized spacial score (nSPS) is 15.1. The molecule has 442 valence electrons. The van der Waals surface area contributed by atoms with Crippen LogP contribution in [0.4, 0.5) is 11.4 Å². The molecule has 2 aliphatic heterocycles. The van der Waals surface area contributed by atoms with E-state index in [1.165, 1.54) is 85.3 Å². The van der Waals surface area contributed by atoms with Crippen LogP contribution >= 0.6 is 0 Å². The Labute approximate surface area is 505 Å². The lowest BCUT2D eigenvalue weighted by atomic mass is 9.79. The second kappa shape index (κ2) is 26.4. The molecule has 0 spiro atoms. The molecule has 0 bridgehead atoms. The standard InChI is InChI=1S/C36H37N2.C30H20N4O12S2.CH4/c1-24(16-22-31-35(2,3)33-27-14-10-8-12-25(27)18-20-29(33)37(31)6)17-23-32-36(4,5)34-28-15-11-9-13-26(28)19-21-30(34)38(32)7;1-33-23(17-31)21-15-26(44-12-14-46-30(36)20-8-4-6-10-28(20)48(40,41)42)22(24(18-32)34-2)16-25(21)43-11-13-45-29(35)19-7-3-5-9-27(19)47(37,38)39;/h8-23H,1-7H3;3-10,15-16H,11-14H2,(H,37,38,39)(H,40,41,42);1H4/q+1;;/p-2/b;23-21-,24-22+;. The number of ether oxygens (including phenoxy) is 4. The number of allylic oxidation sites excluding steroid dienone is 6. The van der Waals surface area contributed by atoms with Crippen LogP contribution in [0.2, 0.25) is 0 Å². The van der Waals surface area contributed by atoms with E-state index in [2.05, 4.69) is 165 Å². The van der Waals surface area contributed by atoms with Gasteiger partial charge in [0.2, 0.25) is 5.69 Å². The molecule has 0 saturated carbocycles. The van der Waals surface area contributed by atoms with Crippen molar-refractivity contribution in [3.05, 3.63) is 225 Å². The Kier molecular flexibility index (Phi) is 19.5. The van der Waals surface area contributed by atoms with Crippen LogP contribution in [0.1, 0.15) is 73.9 Å². The highest BCUT2D eigenvalue weighted by Crippen LogP contribution is 2.50. The van der Waals surface area contributed by atoms with E-state index >= 15 is 0 Å². The van der Waals surface area contributed by atoms with Gasteiger partial charge in [-0.1, -0.05) is 118 Å². The van der Waals surface area contributed by atoms with Crippen molar-refractivity contribution in [3.8, 4) is 23.6 Å². The highest BCUT2D eigenvalue weighted by Gasteiger charge is 2.44. The minimum absolute atomic E-state index is 0. The van der Waals surface area contributed by atoms with E-state index in [-0.39, 0.29) is 40.2 Å². The third-order valence-corrected chi connectivity index (χ3v) is 16.5. The van der Waals surface area contributed by atoms with E-state index in [1.54, 1.807) is 12.1 Å². The summed E-state index contributed by atoms with van der Waals surface area (Å²) in [7, 11) is -5.60. The Morgan fingerprint density at radius 3 is 1.57 bits per heavy atom. The summed E-state index contributed by atoms with van der Waals surface area (Å²) in [6.07, 6.45) is 9.15. The predicted molar refractivity (Wildman–Crippen MR) is 328 cm³/mol. The predicted octanol–water partition coefficient (Wildman–Crippen LogP) is 10.5. The molecule has 20 heteroatoms. The molecule has 2 heterocycles. The number of benzene rings is 7. The smallest absolute Gasteiger partial charge is 0.339 e. The molecule has 0 unspecified atom stereocenters. The molecule has 0 amide bonds. The second-order valence-electron chi connectivity index (χ2n) is 20.8. The summed E-state index contributed by atoms with van der Waals surface area (Å²) in [6.45, 7) is 24.4. The number of hydrogen-bond donors (Lipinski definition) is 0. The molecule has 7 aromatic carbocycles. The van der Waals surface area contributed by atoms with Crippen LogP contribution in [-0.2, 0) is 40.5 Å². The maximum atomic E-state index is 12.4. The first-order valence-electron chi connectivity index (χ1n) is 26.5. The van der Waals surface area contributed by atoms with E-state index in [9.17, 15) is 46.1 Å². The molecule has 0 aliphatic carbocycles. The SMILES string of the molecule is C.CC(/C=C/C1=[N+](C)c2ccc3ccccc3c2C1(C)C)=C\C=C1/N(C)c2ccc3ccccc3c2C1(C)C.[C-]#[N+]/C(C#N)=c1/cc(OCCOC(=O)c2ccccc2S(=O)(=O)[O-])/c(=C(\C#N)[N+]#[C-])cc1OCCOC(=O)c1ccccc1S(=O)(=O)[O-]. The Hall–Kier alpha value is -10.2. The minimum atomic E-state index is -4.99. The summed E-state index contributed by atoms with van der Waals surface area (Å²) in [4.78, 5) is 31.9. The summed E-state index contributed by atoms with van der Waals surface area (Å²) in [5.74, 6) is -2.75. The van der Waals surface area contributed by atoms with Crippen molar-refractivity contribution in [1.29, 1.82) is 10.5 Å². The van der Waals surface area contributed by atoms with Crippen molar-refractivity contribution < 1.29 is 59.1 Å². The lowest BCUT2D eigenvalue weighted by Crippen LogP contribution is -2.26. The Balaban J connectivity index is 0.000000251. The van der Waals surface area contributed by atoms with Gasteiger partial charge < -0.3 is 33.0 Å². The van der Waals surface area contributed by atoms with Gasteiger partial charge in [-0.25, -0.2) is 46.6 Å². The van der Waals surface area contributed by atoms with E-state index in [1.807, 2.05) is 0 Å². The largest absolute Gasteiger partial charge is 0.744 e. The number of esters is 2. The zero-order chi connectivity index (χ0) is 62.3. The number of carbonyl (C=O) groups is 2. The first-order chi connectivity index (χ1) is 40.9. The molecular formula is C67H59N6O12S2-. The fourth-order valence-electron chi connectivity index (χ4n) is 10.8. The Morgan fingerprint density at radius 2 is 1.10 bits per heavy atom. The molecule has 0 N–H and O–H groups in total. The molecule has 0 radical (unpaired) electrons. The molecule has 7 aromatic rings. The van der Waals surface area contributed by atoms with Crippen LogP contribution in [0.15, 0.2) is 179 Å². The fraction of sp³-hybridized carbons (Fsp3) is 0.209. The molecule has 18 nitrogen and oxygen atoms in total. The lowest BCUT2D eigenvalue weighted by molar-refractivity contribution is -0.401. The van der Waals surface area contributed by atoms with Gasteiger partial charge in [0.1, 0.15) is 65.2 Å². The van der Waals surface area contributed by atoms with E-state index in [4.69, 9.17) is 32.1 Å². The van der Waals surface area contributed by atoms with E-state index < -0.39 is 90.9 Å². The average Bonchev–Trinajstić information content (AvgIpc) is 1.61. The highest BCUT2D eigenvalue weighted by atomic mass is 32.2. The molecule has 9 rings (SSSR count). The van der Waals surface area contributed by atoms with Gasteiger partial charge >= 0.3 is 11.9 Å².